The highest BCUT2D eigenvalue weighted by Crippen LogP contribution is 2.66. The number of piperidine rings is 1. The number of hydrogen-bond donors (Lipinski definition) is 0. The average molecular weight is 660 g/mol. The van der Waals surface area contributed by atoms with Crippen LogP contribution >= 0.6 is 11.8 Å². The van der Waals surface area contributed by atoms with Crippen LogP contribution in [0.4, 0.5) is 0 Å². The van der Waals surface area contributed by atoms with E-state index in [1.165, 1.54) is 116 Å². The van der Waals surface area contributed by atoms with Crippen molar-refractivity contribution in [2.24, 2.45) is 23.7 Å². The summed E-state index contributed by atoms with van der Waals surface area (Å²) in [4.78, 5) is 3.32. The first-order valence-electron chi connectivity index (χ1n) is 20.2. The fraction of sp³-hybridized carbons (Fsp3) is 0.489. The second-order valence-electron chi connectivity index (χ2n) is 17.4. The predicted octanol–water partition coefficient (Wildman–Crippen LogP) is 11.2. The third-order valence-electron chi connectivity index (χ3n) is 15.8. The molecule has 2 heterocycles. The van der Waals surface area contributed by atoms with Crippen LogP contribution in [0.1, 0.15) is 111 Å². The molecule has 4 aromatic carbocycles. The van der Waals surface area contributed by atoms with Crippen LogP contribution in [0.3, 0.4) is 0 Å². The minimum atomic E-state index is -0.229. The van der Waals surface area contributed by atoms with Crippen molar-refractivity contribution in [3.8, 4) is 22.3 Å². The lowest BCUT2D eigenvalue weighted by molar-refractivity contribution is -0.142. The van der Waals surface area contributed by atoms with Gasteiger partial charge in [-0.1, -0.05) is 123 Å². The van der Waals surface area contributed by atoms with Crippen LogP contribution in [0, 0.1) is 23.7 Å². The van der Waals surface area contributed by atoms with Gasteiger partial charge in [0.25, 0.3) is 0 Å². The monoisotopic (exact) mass is 659 g/mol. The minimum Gasteiger partial charge on any atom is -0.292 e. The van der Waals surface area contributed by atoms with Crippen LogP contribution in [-0.4, -0.2) is 33.5 Å². The summed E-state index contributed by atoms with van der Waals surface area (Å²) < 4.78 is 0. The number of fused-ring (bicyclic) bond motifs is 15. The lowest BCUT2D eigenvalue weighted by Gasteiger charge is -2.69. The molecule has 4 aromatic rings. The first kappa shape index (κ1) is 28.8. The van der Waals surface area contributed by atoms with Gasteiger partial charge >= 0.3 is 0 Å². The van der Waals surface area contributed by atoms with Gasteiger partial charge < -0.3 is 0 Å². The summed E-state index contributed by atoms with van der Waals surface area (Å²) in [7, 11) is 0. The summed E-state index contributed by atoms with van der Waals surface area (Å²) in [6.45, 7) is 0. The summed E-state index contributed by atoms with van der Waals surface area (Å²) in [5.74, 6) is 4.36. The molecule has 0 bridgehead atoms. The van der Waals surface area contributed by atoms with Crippen molar-refractivity contribution in [1.29, 1.82) is 0 Å². The number of nitrogens with zero attached hydrogens (tertiary/aromatic N) is 1. The van der Waals surface area contributed by atoms with Gasteiger partial charge in [0.05, 0.1) is 5.41 Å². The van der Waals surface area contributed by atoms with Crippen molar-refractivity contribution in [1.82, 2.24) is 4.90 Å². The number of rotatable bonds is 1. The van der Waals surface area contributed by atoms with E-state index < -0.39 is 0 Å². The van der Waals surface area contributed by atoms with E-state index in [1.54, 1.807) is 11.1 Å². The second kappa shape index (κ2) is 10.6. The van der Waals surface area contributed by atoms with Crippen LogP contribution in [0.2, 0.25) is 0 Å². The molecule has 0 radical (unpaired) electrons. The van der Waals surface area contributed by atoms with Crippen molar-refractivity contribution >= 4 is 11.8 Å². The molecule has 0 aromatic heterocycles. The van der Waals surface area contributed by atoms with E-state index in [0.717, 1.165) is 52.3 Å². The number of hydrogen-bond acceptors (Lipinski definition) is 2. The van der Waals surface area contributed by atoms with Gasteiger partial charge in [0.1, 0.15) is 0 Å². The van der Waals surface area contributed by atoms with Crippen molar-refractivity contribution in [2.75, 3.05) is 0 Å². The lowest BCUT2D eigenvalue weighted by atomic mass is 9.51. The molecular weight excluding hydrogens is 611 g/mol. The quantitative estimate of drug-likeness (QED) is 0.173. The highest BCUT2D eigenvalue weighted by molar-refractivity contribution is 8.00. The molecule has 0 N–H and O–H groups in total. The molecular formula is C47H49NS. The molecule has 6 fully saturated rings. The molecule has 49 heavy (non-hydrogen) atoms. The molecule has 248 valence electrons. The summed E-state index contributed by atoms with van der Waals surface area (Å²) in [5, 5.41) is 1.68. The van der Waals surface area contributed by atoms with Crippen molar-refractivity contribution in [2.45, 2.75) is 117 Å². The molecule has 0 amide bonds. The van der Waals surface area contributed by atoms with E-state index in [0.29, 0.717) is 5.92 Å². The average Bonchev–Trinajstić information content (AvgIpc) is 3.64. The van der Waals surface area contributed by atoms with Crippen LogP contribution in [0.25, 0.3) is 22.3 Å². The SMILES string of the molecule is c1ccc2c(c1)-c1ccccc1C21c2ccccc2-c2ccc(C3CC4SC5CCCCC5N5C6CCCCC6C6CCCC3C6C45)cc21. The molecule has 1 spiro atoms. The summed E-state index contributed by atoms with van der Waals surface area (Å²) >= 11 is 2.51. The lowest BCUT2D eigenvalue weighted by Crippen LogP contribution is -2.73. The van der Waals surface area contributed by atoms with E-state index in [-0.39, 0.29) is 5.41 Å². The van der Waals surface area contributed by atoms with Gasteiger partial charge in [-0.25, -0.2) is 0 Å². The van der Waals surface area contributed by atoms with Crippen molar-refractivity contribution in [3.63, 3.8) is 0 Å². The summed E-state index contributed by atoms with van der Waals surface area (Å²) in [5.41, 5.74) is 13.2. The summed E-state index contributed by atoms with van der Waals surface area (Å²) in [6, 6.07) is 38.7. The predicted molar refractivity (Wildman–Crippen MR) is 203 cm³/mol. The smallest absolute Gasteiger partial charge is 0.0725 e. The maximum Gasteiger partial charge on any atom is 0.0725 e. The van der Waals surface area contributed by atoms with E-state index in [1.807, 2.05) is 0 Å². The van der Waals surface area contributed by atoms with Crippen LogP contribution < -0.4 is 0 Å². The summed E-state index contributed by atoms with van der Waals surface area (Å²) in [6.07, 6.45) is 17.7. The Morgan fingerprint density at radius 3 is 1.84 bits per heavy atom. The highest BCUT2D eigenvalue weighted by Gasteiger charge is 2.63. The standard InChI is InChI=1S/C47H49NS/c1-5-18-37-29(12-1)30-13-2-6-19-38(30)47(37)39-20-7-3-14-31(39)32-25-24-28(26-40(32)47)36-27-44-46-45-34(16-11-17-35(36)45)33-15-4-8-21-41(33)48(46)42-22-9-10-23-43(42)49-44/h1-3,5-7,12-14,18-20,24-26,33-36,41-46H,4,8-11,15-17,21-23,27H2. The molecule has 4 saturated carbocycles. The van der Waals surface area contributed by atoms with E-state index in [2.05, 4.69) is 108 Å². The molecule has 2 saturated heterocycles. The Labute approximate surface area is 297 Å². The zero-order chi connectivity index (χ0) is 31.8. The third kappa shape index (κ3) is 3.69. The zero-order valence-corrected chi connectivity index (χ0v) is 29.6. The van der Waals surface area contributed by atoms with Crippen LogP contribution in [0.5, 0.6) is 0 Å². The molecule has 2 heteroatoms. The maximum atomic E-state index is 3.32. The Morgan fingerprint density at radius 1 is 0.510 bits per heavy atom. The molecule has 10 atom stereocenters. The third-order valence-corrected chi connectivity index (χ3v) is 17.5. The van der Waals surface area contributed by atoms with Gasteiger partial charge in [0.2, 0.25) is 0 Å². The fourth-order valence-electron chi connectivity index (χ4n) is 14.3. The Kier molecular flexibility index (Phi) is 6.25. The van der Waals surface area contributed by atoms with Crippen molar-refractivity contribution < 1.29 is 0 Å². The Hall–Kier alpha value is -2.81. The van der Waals surface area contributed by atoms with E-state index in [9.17, 15) is 0 Å². The van der Waals surface area contributed by atoms with E-state index >= 15 is 0 Å². The molecule has 8 aliphatic rings. The van der Waals surface area contributed by atoms with Crippen LogP contribution in [-0.2, 0) is 5.41 Å². The molecule has 6 aliphatic carbocycles. The maximum absolute atomic E-state index is 3.32. The largest absolute Gasteiger partial charge is 0.292 e. The Morgan fingerprint density at radius 2 is 1.10 bits per heavy atom. The highest BCUT2D eigenvalue weighted by atomic mass is 32.2. The number of thioether (sulfide) groups is 1. The number of benzene rings is 4. The van der Waals surface area contributed by atoms with Crippen LogP contribution in [0.15, 0.2) is 91.0 Å². The Bertz CT molecular complexity index is 1910. The molecule has 12 rings (SSSR count). The van der Waals surface area contributed by atoms with Gasteiger partial charge in [-0.15, -0.1) is 0 Å². The normalized spacial score (nSPS) is 37.2. The van der Waals surface area contributed by atoms with Gasteiger partial charge in [0.15, 0.2) is 0 Å². The molecule has 2 aliphatic heterocycles. The second-order valence-corrected chi connectivity index (χ2v) is 18.9. The zero-order valence-electron chi connectivity index (χ0n) is 28.8. The van der Waals surface area contributed by atoms with Gasteiger partial charge in [-0.2, -0.15) is 11.8 Å². The first-order chi connectivity index (χ1) is 24.3. The first-order valence-corrected chi connectivity index (χ1v) is 21.1. The van der Waals surface area contributed by atoms with Gasteiger partial charge in [-0.3, -0.25) is 4.90 Å². The Balaban J connectivity index is 1.03. The van der Waals surface area contributed by atoms with Gasteiger partial charge in [-0.05, 0) is 125 Å². The van der Waals surface area contributed by atoms with Gasteiger partial charge in [0, 0.05) is 28.6 Å². The van der Waals surface area contributed by atoms with Crippen molar-refractivity contribution in [3.05, 3.63) is 119 Å². The minimum absolute atomic E-state index is 0.229. The molecule has 1 nitrogen and oxygen atoms in total. The van der Waals surface area contributed by atoms with E-state index in [4.69, 9.17) is 0 Å². The molecule has 10 unspecified atom stereocenters. The fourth-order valence-corrected chi connectivity index (χ4v) is 16.3. The topological polar surface area (TPSA) is 3.24 Å².